The van der Waals surface area contributed by atoms with Gasteiger partial charge in [0.05, 0.1) is 5.76 Å². The molecule has 0 saturated carbocycles. The molecule has 0 aliphatic carbocycles. The number of alkyl carbamates (subject to hydrolysis) is 1. The van der Waals surface area contributed by atoms with Crippen LogP contribution in [-0.2, 0) is 4.74 Å². The van der Waals surface area contributed by atoms with Crippen LogP contribution in [-0.4, -0.2) is 18.2 Å². The quantitative estimate of drug-likeness (QED) is 0.325. The van der Waals surface area contributed by atoms with E-state index < -0.39 is 5.60 Å². The number of carbonyl (C=O) groups is 1. The van der Waals surface area contributed by atoms with E-state index in [0.717, 1.165) is 40.9 Å². The molecule has 0 heterocycles. The molecular weight excluding hydrogens is 418 g/mol. The zero-order valence-corrected chi connectivity index (χ0v) is 20.2. The summed E-state index contributed by atoms with van der Waals surface area (Å²) in [7, 11) is 0. The first-order valence-electron chi connectivity index (χ1n) is 10.2. The van der Waals surface area contributed by atoms with Crippen molar-refractivity contribution in [1.29, 1.82) is 0 Å². The van der Waals surface area contributed by atoms with Crippen molar-refractivity contribution in [2.24, 2.45) is 0 Å². The number of unbranched alkanes of at least 4 members (excludes halogenated alkanes) is 3. The number of hydrogen-bond acceptors (Lipinski definition) is 3. The second-order valence-electron chi connectivity index (χ2n) is 7.72. The summed E-state index contributed by atoms with van der Waals surface area (Å²) in [6, 6.07) is 6.02. The van der Waals surface area contributed by atoms with E-state index in [0.29, 0.717) is 0 Å². The zero-order valence-electron chi connectivity index (χ0n) is 18.7. The van der Waals surface area contributed by atoms with E-state index in [2.05, 4.69) is 47.2 Å². The van der Waals surface area contributed by atoms with Crippen LogP contribution in [0, 0.1) is 6.92 Å². The molecule has 0 radical (unpaired) electrons. The Hall–Kier alpha value is -1.49. The van der Waals surface area contributed by atoms with Gasteiger partial charge in [-0.05, 0) is 77.3 Å². The predicted molar refractivity (Wildman–Crippen MR) is 122 cm³/mol. The molecule has 0 fully saturated rings. The molecule has 0 spiro atoms. The van der Waals surface area contributed by atoms with Crippen LogP contribution in [0.4, 0.5) is 4.79 Å². The van der Waals surface area contributed by atoms with Crippen LogP contribution in [0.2, 0.25) is 0 Å². The summed E-state index contributed by atoms with van der Waals surface area (Å²) in [6.07, 6.45) is 7.42. The van der Waals surface area contributed by atoms with Crippen molar-refractivity contribution >= 4 is 22.0 Å². The van der Waals surface area contributed by atoms with Crippen LogP contribution in [0.25, 0.3) is 0 Å². The number of ether oxygens (including phenoxy) is 2. The van der Waals surface area contributed by atoms with E-state index in [1.54, 1.807) is 0 Å². The fourth-order valence-corrected chi connectivity index (χ4v) is 2.76. The Morgan fingerprint density at radius 1 is 1.18 bits per heavy atom. The largest absolute Gasteiger partial charge is 0.462 e. The monoisotopic (exact) mass is 455 g/mol. The van der Waals surface area contributed by atoms with Gasteiger partial charge >= 0.3 is 6.09 Å². The Kier molecular flexibility index (Phi) is 13.7. The predicted octanol–water partition coefficient (Wildman–Crippen LogP) is 7.54. The van der Waals surface area contributed by atoms with E-state index in [9.17, 15) is 4.79 Å². The third kappa shape index (κ3) is 14.6. The van der Waals surface area contributed by atoms with Gasteiger partial charge in [-0.15, -0.1) is 0 Å². The second-order valence-corrected chi connectivity index (χ2v) is 8.64. The van der Waals surface area contributed by atoms with Crippen molar-refractivity contribution in [2.75, 3.05) is 6.54 Å². The minimum absolute atomic E-state index is 0.311. The summed E-state index contributed by atoms with van der Waals surface area (Å²) in [5.41, 5.74) is 0.747. The van der Waals surface area contributed by atoms with Crippen LogP contribution in [0.15, 0.2) is 34.5 Å². The Morgan fingerprint density at radius 3 is 2.39 bits per heavy atom. The van der Waals surface area contributed by atoms with Crippen molar-refractivity contribution in [3.05, 3.63) is 40.1 Å². The fourth-order valence-electron chi connectivity index (χ4n) is 2.29. The molecule has 0 bridgehead atoms. The Bertz CT molecular complexity index is 606. The molecule has 1 amide bonds. The maximum atomic E-state index is 11.2. The van der Waals surface area contributed by atoms with Crippen LogP contribution in [0.5, 0.6) is 5.75 Å². The van der Waals surface area contributed by atoms with Crippen LogP contribution in [0.1, 0.15) is 79.2 Å². The lowest BCUT2D eigenvalue weighted by molar-refractivity contribution is 0.0527. The van der Waals surface area contributed by atoms with Gasteiger partial charge in [0.2, 0.25) is 0 Å². The number of nitrogens with one attached hydrogen (secondary N) is 1. The molecule has 1 rings (SSSR count). The molecule has 0 saturated heterocycles. The van der Waals surface area contributed by atoms with Crippen molar-refractivity contribution in [3.8, 4) is 5.75 Å². The van der Waals surface area contributed by atoms with Gasteiger partial charge in [-0.25, -0.2) is 4.79 Å². The number of hydrogen-bond donors (Lipinski definition) is 1. The molecule has 1 aromatic carbocycles. The molecule has 0 aromatic heterocycles. The van der Waals surface area contributed by atoms with Gasteiger partial charge in [0.1, 0.15) is 11.4 Å². The van der Waals surface area contributed by atoms with E-state index in [4.69, 9.17) is 9.47 Å². The first kappa shape index (κ1) is 26.5. The molecule has 4 nitrogen and oxygen atoms in total. The summed E-state index contributed by atoms with van der Waals surface area (Å²) in [5, 5.41) is 2.74. The SMILES string of the molecule is CC/C=C(\C)Oc1ccc(Br)cc1C.CCCCCCNC(=O)OC(C)(C)C. The highest BCUT2D eigenvalue weighted by Crippen LogP contribution is 2.23. The topological polar surface area (TPSA) is 47.6 Å². The second kappa shape index (κ2) is 14.5. The highest BCUT2D eigenvalue weighted by Gasteiger charge is 2.15. The summed E-state index contributed by atoms with van der Waals surface area (Å²) in [6.45, 7) is 14.6. The summed E-state index contributed by atoms with van der Waals surface area (Å²) in [4.78, 5) is 11.2. The first-order valence-corrected chi connectivity index (χ1v) is 11.0. The highest BCUT2D eigenvalue weighted by atomic mass is 79.9. The number of carbonyl (C=O) groups excluding carboxylic acids is 1. The van der Waals surface area contributed by atoms with E-state index in [1.165, 1.54) is 19.3 Å². The average Bonchev–Trinajstić information content (AvgIpc) is 2.56. The molecule has 1 aromatic rings. The lowest BCUT2D eigenvalue weighted by atomic mass is 10.2. The molecule has 1 N–H and O–H groups in total. The van der Waals surface area contributed by atoms with Crippen molar-refractivity contribution in [3.63, 3.8) is 0 Å². The fraction of sp³-hybridized carbons (Fsp3) is 0.609. The Balaban J connectivity index is 0.000000521. The zero-order chi connectivity index (χ0) is 21.6. The average molecular weight is 456 g/mol. The summed E-state index contributed by atoms with van der Waals surface area (Å²) >= 11 is 3.42. The van der Waals surface area contributed by atoms with Gasteiger partial charge in [0.25, 0.3) is 0 Å². The van der Waals surface area contributed by atoms with Gasteiger partial charge in [0.15, 0.2) is 0 Å². The summed E-state index contributed by atoms with van der Waals surface area (Å²) in [5.74, 6) is 1.88. The van der Waals surface area contributed by atoms with Crippen molar-refractivity contribution < 1.29 is 14.3 Å². The van der Waals surface area contributed by atoms with Crippen LogP contribution < -0.4 is 10.1 Å². The van der Waals surface area contributed by atoms with Gasteiger partial charge in [0, 0.05) is 11.0 Å². The maximum Gasteiger partial charge on any atom is 0.407 e. The third-order valence-electron chi connectivity index (χ3n) is 3.60. The van der Waals surface area contributed by atoms with Gasteiger partial charge < -0.3 is 14.8 Å². The number of allylic oxidation sites excluding steroid dienone is 2. The minimum atomic E-state index is -0.395. The molecule has 160 valence electrons. The van der Waals surface area contributed by atoms with Gasteiger partial charge in [-0.1, -0.05) is 49.0 Å². The van der Waals surface area contributed by atoms with E-state index >= 15 is 0 Å². The summed E-state index contributed by atoms with van der Waals surface area (Å²) < 4.78 is 11.9. The molecule has 0 aliphatic rings. The van der Waals surface area contributed by atoms with Crippen LogP contribution in [0.3, 0.4) is 0 Å². The van der Waals surface area contributed by atoms with Crippen molar-refractivity contribution in [1.82, 2.24) is 5.32 Å². The first-order chi connectivity index (χ1) is 13.1. The standard InChI is InChI=1S/C12H15BrO.C11H23NO2/c1-4-5-10(3)14-12-7-6-11(13)8-9(12)2;1-5-6-7-8-9-12-10(13)14-11(2,3)4/h5-8H,4H2,1-3H3;5-9H2,1-4H3,(H,12,13)/b10-5+;. The van der Waals surface area contributed by atoms with E-state index in [1.807, 2.05) is 46.8 Å². The molecule has 0 atom stereocenters. The molecular formula is C23H38BrNO3. The molecule has 28 heavy (non-hydrogen) atoms. The number of benzene rings is 1. The lowest BCUT2D eigenvalue weighted by Crippen LogP contribution is -2.32. The smallest absolute Gasteiger partial charge is 0.407 e. The Labute approximate surface area is 180 Å². The Morgan fingerprint density at radius 2 is 1.86 bits per heavy atom. The number of amides is 1. The number of aryl methyl sites for hydroxylation is 1. The van der Waals surface area contributed by atoms with Gasteiger partial charge in [-0.3, -0.25) is 0 Å². The normalized spacial score (nSPS) is 11.4. The van der Waals surface area contributed by atoms with Gasteiger partial charge in [-0.2, -0.15) is 0 Å². The van der Waals surface area contributed by atoms with Crippen molar-refractivity contribution in [2.45, 2.75) is 86.2 Å². The molecule has 5 heteroatoms. The highest BCUT2D eigenvalue weighted by molar-refractivity contribution is 9.10. The minimum Gasteiger partial charge on any atom is -0.462 e. The van der Waals surface area contributed by atoms with Crippen LogP contribution >= 0.6 is 15.9 Å². The molecule has 0 aliphatic heterocycles. The third-order valence-corrected chi connectivity index (χ3v) is 4.09. The maximum absolute atomic E-state index is 11.2. The lowest BCUT2D eigenvalue weighted by Gasteiger charge is -2.19. The molecule has 0 unspecified atom stereocenters. The number of halogens is 1. The number of rotatable bonds is 8. The van der Waals surface area contributed by atoms with E-state index in [-0.39, 0.29) is 6.09 Å².